The molecule has 0 radical (unpaired) electrons. The van der Waals surface area contributed by atoms with Crippen LogP contribution < -0.4 is 15.4 Å². The predicted molar refractivity (Wildman–Crippen MR) is 135 cm³/mol. The van der Waals surface area contributed by atoms with E-state index in [2.05, 4.69) is 39.7 Å². The van der Waals surface area contributed by atoms with E-state index in [0.717, 1.165) is 42.0 Å². The Hall–Kier alpha value is -3.71. The largest absolute Gasteiger partial charge is 0.497 e. The highest BCUT2D eigenvalue weighted by atomic mass is 16.5. The minimum atomic E-state index is -0.147. The second-order valence-electron chi connectivity index (χ2n) is 8.99. The quantitative estimate of drug-likeness (QED) is 0.500. The van der Waals surface area contributed by atoms with E-state index in [9.17, 15) is 9.59 Å². The first kappa shape index (κ1) is 24.4. The van der Waals surface area contributed by atoms with Gasteiger partial charge < -0.3 is 20.3 Å². The summed E-state index contributed by atoms with van der Waals surface area (Å²) < 4.78 is 5.20. The molecule has 182 valence electrons. The Morgan fingerprint density at radius 3 is 2.43 bits per heavy atom. The summed E-state index contributed by atoms with van der Waals surface area (Å²) in [5.74, 6) is 0.829. The lowest BCUT2D eigenvalue weighted by Crippen LogP contribution is -2.35. The second-order valence-corrected chi connectivity index (χ2v) is 8.99. The SMILES string of the molecule is COc1ccc(CCNC(=O)[C@H]2CN(C)C[C@@H]2c2ccc(CNC(=O)c3cccnc3)cc2)cc1. The fourth-order valence-corrected chi connectivity index (χ4v) is 4.52. The highest BCUT2D eigenvalue weighted by Crippen LogP contribution is 2.32. The van der Waals surface area contributed by atoms with Crippen molar-refractivity contribution in [2.75, 3.05) is 33.8 Å². The van der Waals surface area contributed by atoms with Crippen LogP contribution in [0.5, 0.6) is 5.75 Å². The van der Waals surface area contributed by atoms with Crippen molar-refractivity contribution in [1.29, 1.82) is 0 Å². The van der Waals surface area contributed by atoms with Crippen molar-refractivity contribution in [3.63, 3.8) is 0 Å². The van der Waals surface area contributed by atoms with Crippen LogP contribution in [0.15, 0.2) is 73.1 Å². The molecular weight excluding hydrogens is 440 g/mol. The first-order chi connectivity index (χ1) is 17.0. The Kier molecular flexibility index (Phi) is 8.11. The number of nitrogens with zero attached hydrogens (tertiary/aromatic N) is 2. The molecule has 4 rings (SSSR count). The van der Waals surface area contributed by atoms with Crippen molar-refractivity contribution < 1.29 is 14.3 Å². The van der Waals surface area contributed by atoms with Crippen LogP contribution in [0.2, 0.25) is 0 Å². The fraction of sp³-hybridized carbons (Fsp3) is 0.321. The number of ether oxygens (including phenoxy) is 1. The molecule has 1 aliphatic heterocycles. The number of amides is 2. The zero-order chi connectivity index (χ0) is 24.6. The van der Waals surface area contributed by atoms with E-state index in [4.69, 9.17) is 4.74 Å². The van der Waals surface area contributed by atoms with E-state index >= 15 is 0 Å². The van der Waals surface area contributed by atoms with Crippen molar-refractivity contribution >= 4 is 11.8 Å². The molecule has 1 saturated heterocycles. The van der Waals surface area contributed by atoms with Crippen molar-refractivity contribution in [3.8, 4) is 5.75 Å². The molecule has 2 aromatic carbocycles. The Morgan fingerprint density at radius 1 is 1.00 bits per heavy atom. The van der Waals surface area contributed by atoms with Crippen LogP contribution in [0.1, 0.15) is 33.0 Å². The minimum absolute atomic E-state index is 0.0907. The molecular formula is C28H32N4O3. The van der Waals surface area contributed by atoms with Gasteiger partial charge in [-0.25, -0.2) is 0 Å². The monoisotopic (exact) mass is 472 g/mol. The molecule has 2 N–H and O–H groups in total. The van der Waals surface area contributed by atoms with Gasteiger partial charge in [-0.2, -0.15) is 0 Å². The van der Waals surface area contributed by atoms with E-state index in [1.165, 1.54) is 0 Å². The number of carbonyl (C=O) groups is 2. The number of methoxy groups -OCH3 is 1. The maximum atomic E-state index is 13.0. The van der Waals surface area contributed by atoms with Gasteiger partial charge in [-0.15, -0.1) is 0 Å². The number of likely N-dealkylation sites (N-methyl/N-ethyl adjacent to an activating group) is 1. The topological polar surface area (TPSA) is 83.6 Å². The number of rotatable bonds is 9. The number of carbonyl (C=O) groups excluding carboxylic acids is 2. The Morgan fingerprint density at radius 2 is 1.74 bits per heavy atom. The van der Waals surface area contributed by atoms with E-state index in [0.29, 0.717) is 18.7 Å². The molecule has 2 atom stereocenters. The van der Waals surface area contributed by atoms with Gasteiger partial charge in [0.15, 0.2) is 0 Å². The summed E-state index contributed by atoms with van der Waals surface area (Å²) in [4.78, 5) is 31.5. The van der Waals surface area contributed by atoms with Crippen LogP contribution in [-0.4, -0.2) is 55.5 Å². The summed E-state index contributed by atoms with van der Waals surface area (Å²) in [6.07, 6.45) is 3.98. The average Bonchev–Trinajstić information content (AvgIpc) is 3.30. The summed E-state index contributed by atoms with van der Waals surface area (Å²) in [5.41, 5.74) is 3.86. The van der Waals surface area contributed by atoms with Gasteiger partial charge in [0.2, 0.25) is 5.91 Å². The standard InChI is InChI=1S/C28H32N4O3/c1-32-18-25(26(19-32)28(34)30-15-13-20-7-11-24(35-2)12-8-20)22-9-5-21(6-10-22)16-31-27(33)23-4-3-14-29-17-23/h3-12,14,17,25-26H,13,15-16,18-19H2,1-2H3,(H,30,34)(H,31,33)/t25-,26+/m1/s1. The van der Waals surface area contributed by atoms with Crippen molar-refractivity contribution in [3.05, 3.63) is 95.3 Å². The molecule has 3 aromatic rings. The number of benzene rings is 2. The molecule has 0 bridgehead atoms. The molecule has 2 heterocycles. The zero-order valence-electron chi connectivity index (χ0n) is 20.2. The van der Waals surface area contributed by atoms with Crippen LogP contribution in [0, 0.1) is 5.92 Å². The van der Waals surface area contributed by atoms with Gasteiger partial charge in [0.1, 0.15) is 5.75 Å². The van der Waals surface area contributed by atoms with Crippen LogP contribution in [0.25, 0.3) is 0 Å². The Bertz CT molecular complexity index is 1120. The maximum Gasteiger partial charge on any atom is 0.253 e. The summed E-state index contributed by atoms with van der Waals surface area (Å²) in [6, 6.07) is 19.6. The normalized spacial score (nSPS) is 17.7. The third-order valence-corrected chi connectivity index (χ3v) is 6.50. The third-order valence-electron chi connectivity index (χ3n) is 6.50. The van der Waals surface area contributed by atoms with E-state index in [1.807, 2.05) is 36.4 Å². The number of aromatic nitrogens is 1. The predicted octanol–water partition coefficient (Wildman–Crippen LogP) is 3.02. The lowest BCUT2D eigenvalue weighted by atomic mass is 9.88. The third kappa shape index (κ3) is 6.45. The van der Waals surface area contributed by atoms with Crippen LogP contribution >= 0.6 is 0 Å². The van der Waals surface area contributed by atoms with E-state index in [-0.39, 0.29) is 23.7 Å². The van der Waals surface area contributed by atoms with E-state index < -0.39 is 0 Å². The van der Waals surface area contributed by atoms with Gasteiger partial charge >= 0.3 is 0 Å². The number of likely N-dealkylation sites (tertiary alicyclic amines) is 1. The molecule has 0 unspecified atom stereocenters. The molecule has 1 aromatic heterocycles. The Balaban J connectivity index is 1.31. The van der Waals surface area contributed by atoms with Crippen molar-refractivity contribution in [2.24, 2.45) is 5.92 Å². The van der Waals surface area contributed by atoms with Gasteiger partial charge in [-0.05, 0) is 54.4 Å². The van der Waals surface area contributed by atoms with Gasteiger partial charge in [0, 0.05) is 44.5 Å². The molecule has 7 heteroatoms. The summed E-state index contributed by atoms with van der Waals surface area (Å²) in [6.45, 7) is 2.62. The fourth-order valence-electron chi connectivity index (χ4n) is 4.52. The first-order valence-corrected chi connectivity index (χ1v) is 11.9. The number of hydrogen-bond acceptors (Lipinski definition) is 5. The van der Waals surface area contributed by atoms with Crippen molar-refractivity contribution in [1.82, 2.24) is 20.5 Å². The summed E-state index contributed by atoms with van der Waals surface area (Å²) in [7, 11) is 3.71. The van der Waals surface area contributed by atoms with Crippen molar-refractivity contribution in [2.45, 2.75) is 18.9 Å². The van der Waals surface area contributed by atoms with Gasteiger partial charge in [-0.3, -0.25) is 14.6 Å². The van der Waals surface area contributed by atoms with Gasteiger partial charge in [0.25, 0.3) is 5.91 Å². The number of nitrogens with one attached hydrogen (secondary N) is 2. The van der Waals surface area contributed by atoms with Crippen LogP contribution in [0.4, 0.5) is 0 Å². The van der Waals surface area contributed by atoms with Gasteiger partial charge in [-0.1, -0.05) is 36.4 Å². The lowest BCUT2D eigenvalue weighted by Gasteiger charge is -2.19. The summed E-state index contributed by atoms with van der Waals surface area (Å²) in [5, 5.41) is 6.06. The first-order valence-electron chi connectivity index (χ1n) is 11.9. The number of pyridine rings is 1. The molecule has 1 fully saturated rings. The van der Waals surface area contributed by atoms with Crippen LogP contribution in [0.3, 0.4) is 0 Å². The molecule has 2 amide bonds. The summed E-state index contributed by atoms with van der Waals surface area (Å²) >= 11 is 0. The van der Waals surface area contributed by atoms with Gasteiger partial charge in [0.05, 0.1) is 18.6 Å². The van der Waals surface area contributed by atoms with E-state index in [1.54, 1.807) is 31.6 Å². The number of hydrogen-bond donors (Lipinski definition) is 2. The molecule has 35 heavy (non-hydrogen) atoms. The Labute approximate surface area is 206 Å². The molecule has 0 aliphatic carbocycles. The average molecular weight is 473 g/mol. The van der Waals surface area contributed by atoms with Crippen LogP contribution in [-0.2, 0) is 17.8 Å². The maximum absolute atomic E-state index is 13.0. The second kappa shape index (κ2) is 11.6. The molecule has 7 nitrogen and oxygen atoms in total. The molecule has 1 aliphatic rings. The smallest absolute Gasteiger partial charge is 0.253 e. The zero-order valence-corrected chi connectivity index (χ0v) is 20.2. The molecule has 0 saturated carbocycles. The molecule has 0 spiro atoms. The lowest BCUT2D eigenvalue weighted by molar-refractivity contribution is -0.124. The highest BCUT2D eigenvalue weighted by Gasteiger charge is 2.36. The minimum Gasteiger partial charge on any atom is -0.497 e. The highest BCUT2D eigenvalue weighted by molar-refractivity contribution is 5.93.